The summed E-state index contributed by atoms with van der Waals surface area (Å²) in [4.78, 5) is 40.8. The Labute approximate surface area is 243 Å². The fourth-order valence-corrected chi connectivity index (χ4v) is 6.03. The van der Waals surface area contributed by atoms with Crippen molar-refractivity contribution in [3.63, 3.8) is 0 Å². The van der Waals surface area contributed by atoms with E-state index in [1.54, 1.807) is 18.2 Å². The lowest BCUT2D eigenvalue weighted by atomic mass is 9.94. The van der Waals surface area contributed by atoms with E-state index in [9.17, 15) is 14.4 Å². The smallest absolute Gasteiger partial charge is 0.276 e. The quantitative estimate of drug-likeness (QED) is 0.186. The maximum Gasteiger partial charge on any atom is 0.276 e. The van der Waals surface area contributed by atoms with Crippen molar-refractivity contribution in [2.45, 2.75) is 18.2 Å². The summed E-state index contributed by atoms with van der Waals surface area (Å²) in [5.41, 5.74) is 2.66. The average molecular weight is 574 g/mol. The van der Waals surface area contributed by atoms with Gasteiger partial charge < -0.3 is 4.42 Å². The van der Waals surface area contributed by atoms with Crippen LogP contribution in [0.5, 0.6) is 0 Å². The minimum absolute atomic E-state index is 0.0168. The Kier molecular flexibility index (Phi) is 6.59. The first kappa shape index (κ1) is 25.8. The van der Waals surface area contributed by atoms with Gasteiger partial charge in [-0.25, -0.2) is 4.68 Å². The van der Waals surface area contributed by atoms with E-state index in [2.05, 4.69) is 15.3 Å². The molecule has 7 rings (SSSR count). The van der Waals surface area contributed by atoms with Gasteiger partial charge in [-0.2, -0.15) is 5.10 Å². The largest absolute Gasteiger partial charge is 0.414 e. The number of carbonyl (C=O) groups excluding carboxylic acids is 2. The summed E-state index contributed by atoms with van der Waals surface area (Å²) < 4.78 is 7.16. The highest BCUT2D eigenvalue weighted by atomic mass is 32.2. The van der Waals surface area contributed by atoms with Crippen molar-refractivity contribution < 1.29 is 14.0 Å². The van der Waals surface area contributed by atoms with Crippen LogP contribution in [0.2, 0.25) is 0 Å². The van der Waals surface area contributed by atoms with Crippen molar-refractivity contribution in [2.24, 2.45) is 0 Å². The second-order valence-corrected chi connectivity index (χ2v) is 10.9. The van der Waals surface area contributed by atoms with Crippen molar-refractivity contribution in [2.75, 3.05) is 12.3 Å². The molecule has 2 amide bonds. The van der Waals surface area contributed by atoms with Crippen molar-refractivity contribution in [1.29, 1.82) is 0 Å². The van der Waals surface area contributed by atoms with Gasteiger partial charge in [0.15, 0.2) is 0 Å². The Balaban J connectivity index is 1.07. The fraction of sp³-hybridized carbons (Fsp3) is 0.125. The Morgan fingerprint density at radius 1 is 0.738 bits per heavy atom. The molecule has 0 unspecified atom stereocenters. The molecular formula is C32H23N5O4S. The molecule has 0 radical (unpaired) electrons. The Morgan fingerprint density at radius 2 is 1.43 bits per heavy atom. The maximum absolute atomic E-state index is 13.2. The van der Waals surface area contributed by atoms with Gasteiger partial charge in [0.25, 0.3) is 22.6 Å². The first-order chi connectivity index (χ1) is 20.6. The molecule has 6 aromatic rings. The van der Waals surface area contributed by atoms with E-state index in [4.69, 9.17) is 4.42 Å². The highest BCUT2D eigenvalue weighted by Crippen LogP contribution is 2.30. The third-order valence-corrected chi connectivity index (χ3v) is 8.09. The molecule has 0 saturated heterocycles. The van der Waals surface area contributed by atoms with E-state index in [-0.39, 0.29) is 41.6 Å². The van der Waals surface area contributed by atoms with Gasteiger partial charge in [0.1, 0.15) is 6.54 Å². The van der Waals surface area contributed by atoms with Crippen molar-refractivity contribution in [1.82, 2.24) is 24.9 Å². The maximum atomic E-state index is 13.2. The molecule has 1 aliphatic rings. The molecule has 0 atom stereocenters. The van der Waals surface area contributed by atoms with Crippen molar-refractivity contribution >= 4 is 45.1 Å². The van der Waals surface area contributed by atoms with Crippen LogP contribution in [-0.2, 0) is 13.0 Å². The monoisotopic (exact) mass is 573 g/mol. The molecule has 0 bridgehead atoms. The highest BCUT2D eigenvalue weighted by Gasteiger charge is 2.32. The summed E-state index contributed by atoms with van der Waals surface area (Å²) in [6, 6.07) is 28.3. The Morgan fingerprint density at radius 3 is 2.17 bits per heavy atom. The Hall–Kier alpha value is -5.09. The zero-order valence-electron chi connectivity index (χ0n) is 22.3. The van der Waals surface area contributed by atoms with Crippen LogP contribution in [-0.4, -0.2) is 49.0 Å². The summed E-state index contributed by atoms with van der Waals surface area (Å²) in [5.74, 6) is -0.0285. The first-order valence-electron chi connectivity index (χ1n) is 13.4. The van der Waals surface area contributed by atoms with Gasteiger partial charge >= 0.3 is 0 Å². The van der Waals surface area contributed by atoms with Crippen LogP contribution in [0.15, 0.2) is 105 Å². The van der Waals surface area contributed by atoms with Crippen molar-refractivity contribution in [3.8, 4) is 0 Å². The van der Waals surface area contributed by atoms with Crippen molar-refractivity contribution in [3.05, 3.63) is 130 Å². The number of fused-ring (bicyclic) bond motifs is 1. The van der Waals surface area contributed by atoms with Crippen LogP contribution in [0.25, 0.3) is 21.5 Å². The molecule has 2 aromatic heterocycles. The summed E-state index contributed by atoms with van der Waals surface area (Å²) >= 11 is 1.24. The molecule has 9 nitrogen and oxygen atoms in total. The van der Waals surface area contributed by atoms with E-state index in [1.807, 2.05) is 72.8 Å². The second kappa shape index (κ2) is 10.7. The van der Waals surface area contributed by atoms with Crippen LogP contribution in [0.4, 0.5) is 0 Å². The molecule has 0 spiro atoms. The van der Waals surface area contributed by atoms with E-state index in [0.29, 0.717) is 34.1 Å². The first-order valence-corrected chi connectivity index (χ1v) is 14.4. The molecular weight excluding hydrogens is 550 g/mol. The lowest BCUT2D eigenvalue weighted by molar-refractivity contribution is 0.0621. The topological polar surface area (TPSA) is 111 Å². The van der Waals surface area contributed by atoms with Gasteiger partial charge in [-0.15, -0.1) is 10.2 Å². The zero-order chi connectivity index (χ0) is 28.6. The summed E-state index contributed by atoms with van der Waals surface area (Å²) in [6.45, 7) is 0.197. The molecule has 42 heavy (non-hydrogen) atoms. The average Bonchev–Trinajstić information content (AvgIpc) is 3.47. The SMILES string of the molecule is O=C1c2cccc3cccc(c23)C(=O)N1CCSc1nnc(Cn2nc(Cc3ccccc3)c3ccccc3c2=O)o1. The van der Waals surface area contributed by atoms with Gasteiger partial charge in [0.05, 0.1) is 11.1 Å². The summed E-state index contributed by atoms with van der Waals surface area (Å²) in [7, 11) is 0. The number of rotatable bonds is 8. The van der Waals surface area contributed by atoms with E-state index >= 15 is 0 Å². The lowest BCUT2D eigenvalue weighted by Crippen LogP contribution is -2.41. The molecule has 3 heterocycles. The second-order valence-electron chi connectivity index (χ2n) is 9.90. The number of amides is 2. The third kappa shape index (κ3) is 4.65. The number of hydrogen-bond donors (Lipinski definition) is 0. The predicted molar refractivity (Wildman–Crippen MR) is 159 cm³/mol. The van der Waals surface area contributed by atoms with Crippen LogP contribution < -0.4 is 5.56 Å². The minimum atomic E-state index is -0.316. The molecule has 1 aliphatic heterocycles. The fourth-order valence-electron chi connectivity index (χ4n) is 5.33. The number of aromatic nitrogens is 4. The highest BCUT2D eigenvalue weighted by molar-refractivity contribution is 7.99. The molecule has 4 aromatic carbocycles. The van der Waals surface area contributed by atoms with Gasteiger partial charge in [-0.3, -0.25) is 19.3 Å². The van der Waals surface area contributed by atoms with E-state index < -0.39 is 0 Å². The Bertz CT molecular complexity index is 2000. The van der Waals surface area contributed by atoms with Crippen LogP contribution in [0.1, 0.15) is 37.9 Å². The normalized spacial score (nSPS) is 12.9. The molecule has 0 saturated carbocycles. The lowest BCUT2D eigenvalue weighted by Gasteiger charge is -2.26. The number of nitrogens with zero attached hydrogens (tertiary/aromatic N) is 5. The third-order valence-electron chi connectivity index (χ3n) is 7.29. The molecule has 0 fully saturated rings. The number of carbonyl (C=O) groups is 2. The molecule has 10 heteroatoms. The number of imide groups is 1. The number of hydrogen-bond acceptors (Lipinski definition) is 8. The standard InChI is InChI=1S/C32H23N5O4S/c38-29-24-14-6-10-21-11-7-15-25(28(21)24)30(39)36(29)16-17-42-32-34-33-27(41-32)19-37-31(40)23-13-5-4-12-22(23)26(35-37)18-20-8-2-1-3-9-20/h1-15H,16-19H2. The van der Waals surface area contributed by atoms with Crippen LogP contribution >= 0.6 is 11.8 Å². The summed E-state index contributed by atoms with van der Waals surface area (Å²) in [6.07, 6.45) is 0.569. The van der Waals surface area contributed by atoms with Crippen LogP contribution in [0, 0.1) is 0 Å². The van der Waals surface area contributed by atoms with Gasteiger partial charge in [0, 0.05) is 40.6 Å². The van der Waals surface area contributed by atoms with E-state index in [1.165, 1.54) is 21.3 Å². The summed E-state index contributed by atoms with van der Waals surface area (Å²) in [5, 5.41) is 16.1. The minimum Gasteiger partial charge on any atom is -0.414 e. The molecule has 0 aliphatic carbocycles. The number of benzene rings is 4. The molecule has 206 valence electrons. The molecule has 0 N–H and O–H groups in total. The van der Waals surface area contributed by atoms with Gasteiger partial charge in [0.2, 0.25) is 5.89 Å². The number of thioether (sulfide) groups is 1. The van der Waals surface area contributed by atoms with E-state index in [0.717, 1.165) is 22.0 Å². The van der Waals surface area contributed by atoms with Gasteiger partial charge in [-0.05, 0) is 29.1 Å². The predicted octanol–water partition coefficient (Wildman–Crippen LogP) is 4.96. The zero-order valence-corrected chi connectivity index (χ0v) is 23.1. The van der Waals surface area contributed by atoms with Gasteiger partial charge in [-0.1, -0.05) is 84.6 Å². The van der Waals surface area contributed by atoms with Crippen LogP contribution in [0.3, 0.4) is 0 Å².